The van der Waals surface area contributed by atoms with Crippen LogP contribution in [-0.4, -0.2) is 43.5 Å². The third kappa shape index (κ3) is 2.79. The third-order valence-corrected chi connectivity index (χ3v) is 5.28. The van der Waals surface area contributed by atoms with Gasteiger partial charge in [-0.2, -0.15) is 10.4 Å². The summed E-state index contributed by atoms with van der Waals surface area (Å²) in [5, 5.41) is 14.2. The number of rotatable bonds is 3. The van der Waals surface area contributed by atoms with E-state index in [1.807, 2.05) is 26.0 Å². The molecule has 1 aliphatic heterocycles. The zero-order valence-electron chi connectivity index (χ0n) is 16.0. The topological polar surface area (TPSA) is 99.3 Å². The molecular formula is C21H18N6O2. The lowest BCUT2D eigenvalue weighted by Crippen LogP contribution is -2.49. The highest BCUT2D eigenvalue weighted by Gasteiger charge is 2.32. The van der Waals surface area contributed by atoms with Gasteiger partial charge in [0, 0.05) is 36.4 Å². The fraction of sp³-hybridized carbons (Fsp3) is 0.238. The van der Waals surface area contributed by atoms with Crippen LogP contribution in [0.2, 0.25) is 0 Å². The highest BCUT2D eigenvalue weighted by atomic mass is 16.5. The van der Waals surface area contributed by atoms with Gasteiger partial charge in [-0.3, -0.25) is 4.79 Å². The van der Waals surface area contributed by atoms with E-state index in [0.29, 0.717) is 30.2 Å². The molecule has 1 aliphatic rings. The quantitative estimate of drug-likeness (QED) is 0.583. The minimum atomic E-state index is -0.0867. The zero-order chi connectivity index (χ0) is 20.1. The Morgan fingerprint density at radius 2 is 2.17 bits per heavy atom. The molecule has 4 aromatic rings. The molecule has 1 saturated heterocycles. The number of aromatic amines is 1. The van der Waals surface area contributed by atoms with Crippen LogP contribution in [0, 0.1) is 31.1 Å². The molecule has 0 aliphatic carbocycles. The molecule has 0 bridgehead atoms. The first-order valence-electron chi connectivity index (χ1n) is 9.32. The number of hydrogen-bond acceptors (Lipinski definition) is 5. The number of carbonyl (C=O) groups excluding carboxylic acids is 1. The second-order valence-corrected chi connectivity index (χ2v) is 7.36. The number of hydrogen-bond donors (Lipinski definition) is 1. The van der Waals surface area contributed by atoms with Gasteiger partial charge < -0.3 is 14.6 Å². The van der Waals surface area contributed by atoms with Crippen molar-refractivity contribution in [2.45, 2.75) is 13.8 Å². The molecule has 4 aromatic heterocycles. The van der Waals surface area contributed by atoms with Crippen molar-refractivity contribution in [3.8, 4) is 17.6 Å². The van der Waals surface area contributed by atoms with Crippen molar-refractivity contribution in [3.05, 3.63) is 53.6 Å². The molecule has 5 rings (SSSR count). The minimum absolute atomic E-state index is 0.0761. The molecule has 5 heterocycles. The molecule has 0 unspecified atom stereocenters. The number of amides is 1. The lowest BCUT2D eigenvalue weighted by atomic mass is 10.0. The van der Waals surface area contributed by atoms with E-state index < -0.39 is 0 Å². The predicted octanol–water partition coefficient (Wildman–Crippen LogP) is 3.22. The van der Waals surface area contributed by atoms with E-state index >= 15 is 0 Å². The van der Waals surface area contributed by atoms with E-state index in [4.69, 9.17) is 10.00 Å². The van der Waals surface area contributed by atoms with Gasteiger partial charge in [-0.25, -0.2) is 9.50 Å². The van der Waals surface area contributed by atoms with E-state index in [1.165, 1.54) is 0 Å². The Labute approximate surface area is 166 Å². The summed E-state index contributed by atoms with van der Waals surface area (Å²) in [5.74, 6) is 1.05. The lowest BCUT2D eigenvalue weighted by Gasteiger charge is -2.35. The van der Waals surface area contributed by atoms with Gasteiger partial charge in [0.1, 0.15) is 16.9 Å². The number of aromatic nitrogens is 4. The third-order valence-electron chi connectivity index (χ3n) is 5.28. The fourth-order valence-electron chi connectivity index (χ4n) is 3.73. The van der Waals surface area contributed by atoms with Crippen LogP contribution in [0.3, 0.4) is 0 Å². The highest BCUT2D eigenvalue weighted by Crippen LogP contribution is 2.32. The van der Waals surface area contributed by atoms with Crippen molar-refractivity contribution in [1.82, 2.24) is 24.5 Å². The number of likely N-dealkylation sites (tertiary alicyclic amines) is 1. The number of nitrogens with zero attached hydrogens (tertiary/aromatic N) is 5. The molecule has 1 fully saturated rings. The average molecular weight is 386 g/mol. The number of carbonyl (C=O) groups is 1. The molecule has 0 spiro atoms. The van der Waals surface area contributed by atoms with Crippen LogP contribution in [0.5, 0.6) is 11.5 Å². The average Bonchev–Trinajstić information content (AvgIpc) is 3.20. The van der Waals surface area contributed by atoms with Gasteiger partial charge in [-0.15, -0.1) is 0 Å². The molecular weight excluding hydrogens is 368 g/mol. The zero-order valence-corrected chi connectivity index (χ0v) is 16.0. The van der Waals surface area contributed by atoms with Crippen LogP contribution in [0.25, 0.3) is 16.6 Å². The van der Waals surface area contributed by atoms with Crippen molar-refractivity contribution in [2.75, 3.05) is 13.1 Å². The fourth-order valence-corrected chi connectivity index (χ4v) is 3.73. The predicted molar refractivity (Wildman–Crippen MR) is 106 cm³/mol. The Balaban J connectivity index is 1.50. The Kier molecular flexibility index (Phi) is 3.77. The van der Waals surface area contributed by atoms with Crippen LogP contribution >= 0.6 is 0 Å². The monoisotopic (exact) mass is 386 g/mol. The van der Waals surface area contributed by atoms with Crippen LogP contribution in [0.1, 0.15) is 21.6 Å². The molecule has 0 aromatic carbocycles. The van der Waals surface area contributed by atoms with Gasteiger partial charge in [0.25, 0.3) is 5.91 Å². The maximum Gasteiger partial charge on any atom is 0.255 e. The van der Waals surface area contributed by atoms with Gasteiger partial charge in [0.15, 0.2) is 5.75 Å². The van der Waals surface area contributed by atoms with Gasteiger partial charge in [-0.1, -0.05) is 0 Å². The van der Waals surface area contributed by atoms with Crippen molar-refractivity contribution in [3.63, 3.8) is 0 Å². The van der Waals surface area contributed by atoms with Crippen LogP contribution < -0.4 is 4.74 Å². The summed E-state index contributed by atoms with van der Waals surface area (Å²) in [6.07, 6.45) is 5.02. The summed E-state index contributed by atoms with van der Waals surface area (Å²) >= 11 is 0. The lowest BCUT2D eigenvalue weighted by molar-refractivity contribution is 0.0576. The van der Waals surface area contributed by atoms with Crippen molar-refractivity contribution in [1.29, 1.82) is 5.26 Å². The van der Waals surface area contributed by atoms with Crippen LogP contribution in [-0.2, 0) is 0 Å². The van der Waals surface area contributed by atoms with E-state index in [2.05, 4.69) is 21.1 Å². The Morgan fingerprint density at radius 3 is 2.97 bits per heavy atom. The number of ether oxygens (including phenoxy) is 1. The second-order valence-electron chi connectivity index (χ2n) is 7.36. The van der Waals surface area contributed by atoms with E-state index in [1.54, 1.807) is 34.1 Å². The molecule has 8 heteroatoms. The summed E-state index contributed by atoms with van der Waals surface area (Å²) in [4.78, 5) is 22.1. The van der Waals surface area contributed by atoms with Gasteiger partial charge in [0.2, 0.25) is 0 Å². The smallest absolute Gasteiger partial charge is 0.255 e. The number of aryl methyl sites for hydroxylation is 2. The summed E-state index contributed by atoms with van der Waals surface area (Å²) in [7, 11) is 0. The first-order valence-corrected chi connectivity index (χ1v) is 9.32. The number of nitriles is 1. The maximum absolute atomic E-state index is 12.8. The van der Waals surface area contributed by atoms with Gasteiger partial charge >= 0.3 is 0 Å². The SMILES string of the molecule is Cc1cc2cc(Oc3ccnn4cc(C(=O)N5CC(C#N)C5)c(C)c34)cnc2[nH]1. The number of pyridine rings is 1. The Hall–Kier alpha value is -3.86. The first-order chi connectivity index (χ1) is 14.0. The Bertz CT molecular complexity index is 1310. The maximum atomic E-state index is 12.8. The molecule has 0 saturated carbocycles. The summed E-state index contributed by atoms with van der Waals surface area (Å²) < 4.78 is 7.77. The van der Waals surface area contributed by atoms with Crippen LogP contribution in [0.4, 0.5) is 0 Å². The normalized spacial score (nSPS) is 14.2. The van der Waals surface area contributed by atoms with Gasteiger partial charge in [0.05, 0.1) is 29.9 Å². The molecule has 1 N–H and O–H groups in total. The van der Waals surface area contributed by atoms with E-state index in [-0.39, 0.29) is 11.8 Å². The summed E-state index contributed by atoms with van der Waals surface area (Å²) in [6.45, 7) is 4.81. The summed E-state index contributed by atoms with van der Waals surface area (Å²) in [5.41, 5.74) is 3.95. The number of H-pyrrole nitrogens is 1. The molecule has 1 amide bonds. The molecule has 144 valence electrons. The Morgan fingerprint density at radius 1 is 1.34 bits per heavy atom. The van der Waals surface area contributed by atoms with E-state index in [9.17, 15) is 4.79 Å². The molecule has 0 radical (unpaired) electrons. The molecule has 0 atom stereocenters. The molecule has 29 heavy (non-hydrogen) atoms. The van der Waals surface area contributed by atoms with Crippen molar-refractivity contribution in [2.24, 2.45) is 5.92 Å². The molecule has 8 nitrogen and oxygen atoms in total. The van der Waals surface area contributed by atoms with Crippen LogP contribution in [0.15, 0.2) is 36.8 Å². The number of fused-ring (bicyclic) bond motifs is 2. The standard InChI is InChI=1S/C21H18N6O2/c1-12-5-15-6-16(8-23-20(15)25-12)29-18-3-4-24-27-11-17(13(2)19(18)27)21(28)26-9-14(7-22)10-26/h3-6,8,11,14H,9-10H2,1-2H3,(H,23,25). The first kappa shape index (κ1) is 17.3. The minimum Gasteiger partial charge on any atom is -0.453 e. The largest absolute Gasteiger partial charge is 0.453 e. The summed E-state index contributed by atoms with van der Waals surface area (Å²) in [6, 6.07) is 7.90. The highest BCUT2D eigenvalue weighted by molar-refractivity contribution is 5.98. The number of nitrogens with one attached hydrogen (secondary N) is 1. The van der Waals surface area contributed by atoms with Crippen molar-refractivity contribution < 1.29 is 9.53 Å². The van der Waals surface area contributed by atoms with Crippen molar-refractivity contribution >= 4 is 22.5 Å². The second kappa shape index (κ2) is 6.34. The van der Waals surface area contributed by atoms with E-state index in [0.717, 1.165) is 27.8 Å². The van der Waals surface area contributed by atoms with Gasteiger partial charge in [-0.05, 0) is 31.5 Å².